The Morgan fingerprint density at radius 1 is 1.42 bits per heavy atom. The van der Waals surface area contributed by atoms with E-state index in [9.17, 15) is 31.5 Å². The lowest BCUT2D eigenvalue weighted by Gasteiger charge is -2.13. The highest BCUT2D eigenvalue weighted by atomic mass is 19.4. The molecular weight excluding hydrogens is 277 g/mol. The summed E-state index contributed by atoms with van der Waals surface area (Å²) in [6.07, 6.45) is -8.46. The Morgan fingerprint density at radius 3 is 2.42 bits per heavy atom. The predicted octanol–water partition coefficient (Wildman–Crippen LogP) is 2.51. The molecule has 0 bridgehead atoms. The molecule has 4 nitrogen and oxygen atoms in total. The molecule has 0 fully saturated rings. The monoisotopic (exact) mass is 285 g/mol. The number of rotatable bonds is 3. The van der Waals surface area contributed by atoms with Crippen LogP contribution in [0.3, 0.4) is 0 Å². The van der Waals surface area contributed by atoms with Gasteiger partial charge in [0, 0.05) is 0 Å². The molecule has 0 amide bonds. The largest absolute Gasteiger partial charge is 0.461 e. The van der Waals surface area contributed by atoms with Gasteiger partial charge in [0.25, 0.3) is 12.0 Å². The molecule has 0 aliphatic heterocycles. The summed E-state index contributed by atoms with van der Waals surface area (Å²) in [5.74, 6) is -1.44. The number of carbonyl (C=O) groups excluding carboxylic acids is 1. The highest BCUT2D eigenvalue weighted by Gasteiger charge is 2.38. The number of esters is 1. The van der Waals surface area contributed by atoms with Gasteiger partial charge in [-0.1, -0.05) is 0 Å². The van der Waals surface area contributed by atoms with Gasteiger partial charge in [0.15, 0.2) is 0 Å². The number of pyridine rings is 1. The van der Waals surface area contributed by atoms with Crippen LogP contribution in [0.15, 0.2) is 10.9 Å². The topological polar surface area (TPSA) is 59.2 Å². The van der Waals surface area contributed by atoms with E-state index in [0.29, 0.717) is 0 Å². The number of hydrogen-bond donors (Lipinski definition) is 1. The second-order valence-corrected chi connectivity index (χ2v) is 3.36. The maximum absolute atomic E-state index is 12.6. The molecule has 0 aliphatic rings. The second kappa shape index (κ2) is 5.37. The van der Waals surface area contributed by atoms with Crippen LogP contribution in [-0.4, -0.2) is 17.6 Å². The quantitative estimate of drug-likeness (QED) is 0.685. The van der Waals surface area contributed by atoms with Crippen molar-refractivity contribution in [2.75, 3.05) is 6.61 Å². The average molecular weight is 285 g/mol. The van der Waals surface area contributed by atoms with Gasteiger partial charge in [-0.05, 0) is 13.0 Å². The lowest BCUT2D eigenvalue weighted by Crippen LogP contribution is -2.25. The molecule has 0 aromatic carbocycles. The van der Waals surface area contributed by atoms with Crippen LogP contribution in [0.4, 0.5) is 22.0 Å². The Balaban J connectivity index is 3.50. The first-order chi connectivity index (χ1) is 8.68. The summed E-state index contributed by atoms with van der Waals surface area (Å²) in [6.45, 7) is 1.12. The minimum Gasteiger partial charge on any atom is -0.461 e. The van der Waals surface area contributed by atoms with Gasteiger partial charge in [0.1, 0.15) is 5.69 Å². The Kier molecular flexibility index (Phi) is 4.28. The zero-order valence-corrected chi connectivity index (χ0v) is 9.48. The van der Waals surface area contributed by atoms with Gasteiger partial charge < -0.3 is 9.72 Å². The zero-order chi connectivity index (χ0) is 14.8. The van der Waals surface area contributed by atoms with E-state index in [2.05, 4.69) is 4.74 Å². The summed E-state index contributed by atoms with van der Waals surface area (Å²) in [4.78, 5) is 23.9. The molecule has 1 heterocycles. The normalized spacial score (nSPS) is 11.7. The first kappa shape index (κ1) is 15.1. The number of carbonyl (C=O) groups is 1. The summed E-state index contributed by atoms with van der Waals surface area (Å²) in [6, 6.07) is -0.0459. The van der Waals surface area contributed by atoms with Crippen molar-refractivity contribution in [1.29, 1.82) is 0 Å². The van der Waals surface area contributed by atoms with Crippen LogP contribution in [0.1, 0.15) is 35.0 Å². The van der Waals surface area contributed by atoms with E-state index < -0.39 is 41.0 Å². The van der Waals surface area contributed by atoms with Crippen LogP contribution >= 0.6 is 0 Å². The van der Waals surface area contributed by atoms with Crippen molar-refractivity contribution in [3.8, 4) is 0 Å². The van der Waals surface area contributed by atoms with Crippen LogP contribution < -0.4 is 5.56 Å². The Hall–Kier alpha value is -1.93. The number of alkyl halides is 5. The van der Waals surface area contributed by atoms with Crippen molar-refractivity contribution in [2.45, 2.75) is 19.5 Å². The van der Waals surface area contributed by atoms with Gasteiger partial charge in [0.2, 0.25) is 0 Å². The Morgan fingerprint density at radius 2 is 2.00 bits per heavy atom. The van der Waals surface area contributed by atoms with Gasteiger partial charge in [-0.2, -0.15) is 13.2 Å². The minimum absolute atomic E-state index is 0.0459. The van der Waals surface area contributed by atoms with Crippen molar-refractivity contribution >= 4 is 5.97 Å². The predicted molar refractivity (Wildman–Crippen MR) is 53.0 cm³/mol. The SMILES string of the molecule is CCOC(=O)c1[nH]c(=O)c(C(F)F)cc1C(F)(F)F. The van der Waals surface area contributed by atoms with Crippen LogP contribution in [0.25, 0.3) is 0 Å². The molecule has 1 aromatic heterocycles. The van der Waals surface area contributed by atoms with Crippen LogP contribution in [-0.2, 0) is 10.9 Å². The number of nitrogens with one attached hydrogen (secondary N) is 1. The van der Waals surface area contributed by atoms with E-state index in [1.165, 1.54) is 11.9 Å². The molecule has 0 saturated heterocycles. The number of aromatic amines is 1. The second-order valence-electron chi connectivity index (χ2n) is 3.36. The van der Waals surface area contributed by atoms with Crippen LogP contribution in [0.2, 0.25) is 0 Å². The van der Waals surface area contributed by atoms with Crippen molar-refractivity contribution in [3.63, 3.8) is 0 Å². The molecule has 0 atom stereocenters. The van der Waals surface area contributed by atoms with Crippen LogP contribution in [0, 0.1) is 0 Å². The third kappa shape index (κ3) is 3.30. The third-order valence-corrected chi connectivity index (χ3v) is 2.09. The van der Waals surface area contributed by atoms with Gasteiger partial charge in [-0.25, -0.2) is 13.6 Å². The maximum Gasteiger partial charge on any atom is 0.418 e. The van der Waals surface area contributed by atoms with E-state index >= 15 is 0 Å². The van der Waals surface area contributed by atoms with E-state index in [0.717, 1.165) is 0 Å². The first-order valence-corrected chi connectivity index (χ1v) is 4.98. The number of halogens is 5. The fraction of sp³-hybridized carbons (Fsp3) is 0.400. The van der Waals surface area contributed by atoms with Gasteiger partial charge >= 0.3 is 12.1 Å². The van der Waals surface area contributed by atoms with E-state index in [4.69, 9.17) is 0 Å². The van der Waals surface area contributed by atoms with Gasteiger partial charge in [-0.15, -0.1) is 0 Å². The summed E-state index contributed by atoms with van der Waals surface area (Å²) in [5, 5.41) is 0. The van der Waals surface area contributed by atoms with E-state index in [-0.39, 0.29) is 12.7 Å². The van der Waals surface area contributed by atoms with E-state index in [1.807, 2.05) is 0 Å². The third-order valence-electron chi connectivity index (χ3n) is 2.09. The number of H-pyrrole nitrogens is 1. The number of ether oxygens (including phenoxy) is 1. The van der Waals surface area contributed by atoms with Crippen molar-refractivity contribution in [3.05, 3.63) is 33.2 Å². The minimum atomic E-state index is -5.07. The summed E-state index contributed by atoms with van der Waals surface area (Å²) in [5.41, 5.74) is -5.68. The molecule has 1 N–H and O–H groups in total. The molecule has 0 unspecified atom stereocenters. The molecule has 0 radical (unpaired) electrons. The fourth-order valence-corrected chi connectivity index (χ4v) is 1.30. The van der Waals surface area contributed by atoms with Crippen molar-refractivity contribution in [2.24, 2.45) is 0 Å². The molecule has 1 aromatic rings. The Labute approximate surface area is 103 Å². The van der Waals surface area contributed by atoms with Gasteiger partial charge in [0.05, 0.1) is 17.7 Å². The molecular formula is C10H8F5NO3. The molecule has 106 valence electrons. The average Bonchev–Trinajstić information content (AvgIpc) is 2.26. The maximum atomic E-state index is 12.6. The first-order valence-electron chi connectivity index (χ1n) is 4.98. The molecule has 0 aliphatic carbocycles. The van der Waals surface area contributed by atoms with E-state index in [1.54, 1.807) is 0 Å². The fourth-order valence-electron chi connectivity index (χ4n) is 1.30. The van der Waals surface area contributed by atoms with Gasteiger partial charge in [-0.3, -0.25) is 4.79 Å². The molecule has 9 heteroatoms. The summed E-state index contributed by atoms with van der Waals surface area (Å²) < 4.78 is 67.0. The molecule has 0 saturated carbocycles. The molecule has 19 heavy (non-hydrogen) atoms. The smallest absolute Gasteiger partial charge is 0.418 e. The highest BCUT2D eigenvalue weighted by Crippen LogP contribution is 2.32. The highest BCUT2D eigenvalue weighted by molar-refractivity contribution is 5.89. The lowest BCUT2D eigenvalue weighted by molar-refractivity contribution is -0.138. The summed E-state index contributed by atoms with van der Waals surface area (Å²) in [7, 11) is 0. The lowest BCUT2D eigenvalue weighted by atomic mass is 10.1. The number of aromatic nitrogens is 1. The Bertz CT molecular complexity index is 535. The van der Waals surface area contributed by atoms with Crippen molar-refractivity contribution in [1.82, 2.24) is 4.98 Å². The molecule has 0 spiro atoms. The van der Waals surface area contributed by atoms with Crippen molar-refractivity contribution < 1.29 is 31.5 Å². The zero-order valence-electron chi connectivity index (χ0n) is 9.48. The summed E-state index contributed by atoms with van der Waals surface area (Å²) >= 11 is 0. The molecule has 1 rings (SSSR count). The number of hydrogen-bond acceptors (Lipinski definition) is 3. The standard InChI is InChI=1S/C10H8F5NO3/c1-2-19-9(18)6-5(10(13,14)15)3-4(7(11)12)8(17)16-6/h3,7H,2H2,1H3,(H,16,17). The van der Waals surface area contributed by atoms with Crippen LogP contribution in [0.5, 0.6) is 0 Å².